The SMILES string of the molecule is O=C(O)CN(CC1CC1)C(=O)CC1CCCN1. The Labute approximate surface area is 101 Å². The molecule has 0 bridgehead atoms. The molecular weight excluding hydrogens is 220 g/mol. The predicted molar refractivity (Wildman–Crippen MR) is 62.6 cm³/mol. The van der Waals surface area contributed by atoms with Gasteiger partial charge in [-0.25, -0.2) is 0 Å². The van der Waals surface area contributed by atoms with Gasteiger partial charge in [-0.2, -0.15) is 0 Å². The minimum Gasteiger partial charge on any atom is -0.480 e. The minimum atomic E-state index is -0.918. The number of carboxylic acid groups (broad SMARTS) is 1. The van der Waals surface area contributed by atoms with Gasteiger partial charge in [0.1, 0.15) is 6.54 Å². The van der Waals surface area contributed by atoms with Crippen LogP contribution in [0, 0.1) is 5.92 Å². The van der Waals surface area contributed by atoms with E-state index in [1.807, 2.05) is 0 Å². The summed E-state index contributed by atoms with van der Waals surface area (Å²) in [6, 6.07) is 0.248. The smallest absolute Gasteiger partial charge is 0.323 e. The first-order valence-electron chi connectivity index (χ1n) is 6.38. The third-order valence-corrected chi connectivity index (χ3v) is 3.44. The maximum Gasteiger partial charge on any atom is 0.323 e. The van der Waals surface area contributed by atoms with E-state index in [4.69, 9.17) is 5.11 Å². The van der Waals surface area contributed by atoms with Crippen LogP contribution >= 0.6 is 0 Å². The Bertz CT molecular complexity index is 296. The second kappa shape index (κ2) is 5.49. The van der Waals surface area contributed by atoms with Crippen molar-refractivity contribution in [2.75, 3.05) is 19.6 Å². The van der Waals surface area contributed by atoms with Crippen molar-refractivity contribution in [3.63, 3.8) is 0 Å². The zero-order valence-electron chi connectivity index (χ0n) is 10.0. The Hall–Kier alpha value is -1.10. The highest BCUT2D eigenvalue weighted by Crippen LogP contribution is 2.30. The Kier molecular flexibility index (Phi) is 3.99. The van der Waals surface area contributed by atoms with Crippen LogP contribution in [-0.4, -0.2) is 47.6 Å². The molecular formula is C12H20N2O3. The van der Waals surface area contributed by atoms with Crippen molar-refractivity contribution in [1.29, 1.82) is 0 Å². The quantitative estimate of drug-likeness (QED) is 0.707. The van der Waals surface area contributed by atoms with Gasteiger partial charge in [-0.3, -0.25) is 9.59 Å². The van der Waals surface area contributed by atoms with Gasteiger partial charge < -0.3 is 15.3 Å². The van der Waals surface area contributed by atoms with Crippen LogP contribution in [0.15, 0.2) is 0 Å². The summed E-state index contributed by atoms with van der Waals surface area (Å²) in [5, 5.41) is 12.1. The molecule has 0 spiro atoms. The molecule has 1 aliphatic heterocycles. The molecule has 1 atom stereocenters. The summed E-state index contributed by atoms with van der Waals surface area (Å²) in [6.07, 6.45) is 4.84. The molecule has 2 fully saturated rings. The van der Waals surface area contributed by atoms with Crippen LogP contribution in [0.25, 0.3) is 0 Å². The van der Waals surface area contributed by atoms with Crippen molar-refractivity contribution in [2.24, 2.45) is 5.92 Å². The number of aliphatic carboxylic acids is 1. The fourth-order valence-electron chi connectivity index (χ4n) is 2.30. The van der Waals surface area contributed by atoms with Crippen LogP contribution < -0.4 is 5.32 Å². The van der Waals surface area contributed by atoms with Crippen molar-refractivity contribution in [3.8, 4) is 0 Å². The van der Waals surface area contributed by atoms with Gasteiger partial charge in [0, 0.05) is 19.0 Å². The van der Waals surface area contributed by atoms with Gasteiger partial charge >= 0.3 is 5.97 Å². The molecule has 5 heteroatoms. The average molecular weight is 240 g/mol. The van der Waals surface area contributed by atoms with Crippen molar-refractivity contribution < 1.29 is 14.7 Å². The number of hydrogen-bond donors (Lipinski definition) is 2. The number of carbonyl (C=O) groups excluding carboxylic acids is 1. The van der Waals surface area contributed by atoms with E-state index in [0.717, 1.165) is 32.2 Å². The number of hydrogen-bond acceptors (Lipinski definition) is 3. The first kappa shape index (κ1) is 12.4. The second-order valence-corrected chi connectivity index (χ2v) is 5.11. The van der Waals surface area contributed by atoms with E-state index in [2.05, 4.69) is 5.32 Å². The van der Waals surface area contributed by atoms with Crippen molar-refractivity contribution in [2.45, 2.75) is 38.1 Å². The zero-order chi connectivity index (χ0) is 12.3. The minimum absolute atomic E-state index is 0.0151. The first-order chi connectivity index (χ1) is 8.15. The van der Waals surface area contributed by atoms with Gasteiger partial charge in [-0.1, -0.05) is 0 Å². The van der Waals surface area contributed by atoms with Crippen molar-refractivity contribution in [3.05, 3.63) is 0 Å². The van der Waals surface area contributed by atoms with Crippen molar-refractivity contribution in [1.82, 2.24) is 10.2 Å². The summed E-state index contributed by atoms with van der Waals surface area (Å²) in [5.74, 6) is -0.396. The Morgan fingerprint density at radius 3 is 2.59 bits per heavy atom. The van der Waals surface area contributed by atoms with Gasteiger partial charge in [-0.05, 0) is 38.1 Å². The molecule has 17 heavy (non-hydrogen) atoms. The van der Waals surface area contributed by atoms with E-state index < -0.39 is 5.97 Å². The van der Waals surface area contributed by atoms with Gasteiger partial charge in [0.05, 0.1) is 0 Å². The van der Waals surface area contributed by atoms with Gasteiger partial charge in [-0.15, -0.1) is 0 Å². The topological polar surface area (TPSA) is 69.6 Å². The molecule has 2 N–H and O–H groups in total. The summed E-state index contributed by atoms with van der Waals surface area (Å²) < 4.78 is 0. The van der Waals surface area contributed by atoms with E-state index in [1.165, 1.54) is 4.90 Å². The van der Waals surface area contributed by atoms with Crippen LogP contribution in [0.4, 0.5) is 0 Å². The molecule has 1 unspecified atom stereocenters. The van der Waals surface area contributed by atoms with E-state index in [-0.39, 0.29) is 18.5 Å². The molecule has 2 rings (SSSR count). The predicted octanol–water partition coefficient (Wildman–Crippen LogP) is 0.452. The molecule has 0 aromatic rings. The Morgan fingerprint density at radius 1 is 1.29 bits per heavy atom. The standard InChI is InChI=1S/C12H20N2O3/c15-11(6-10-2-1-5-13-10)14(8-12(16)17)7-9-3-4-9/h9-10,13H,1-8H2,(H,16,17). The van der Waals surface area contributed by atoms with E-state index in [9.17, 15) is 9.59 Å². The molecule has 1 amide bonds. The Balaban J connectivity index is 1.83. The number of carbonyl (C=O) groups is 2. The number of amides is 1. The highest BCUT2D eigenvalue weighted by molar-refractivity contribution is 5.81. The average Bonchev–Trinajstić information content (AvgIpc) is 2.92. The van der Waals surface area contributed by atoms with Gasteiger partial charge in [0.15, 0.2) is 0 Å². The summed E-state index contributed by atoms with van der Waals surface area (Å²) in [5.41, 5.74) is 0. The summed E-state index contributed by atoms with van der Waals surface area (Å²) in [6.45, 7) is 1.44. The lowest BCUT2D eigenvalue weighted by molar-refractivity contribution is -0.144. The lowest BCUT2D eigenvalue weighted by Crippen LogP contribution is -2.40. The maximum atomic E-state index is 12.0. The highest BCUT2D eigenvalue weighted by Gasteiger charge is 2.29. The van der Waals surface area contributed by atoms with Crippen LogP contribution in [0.3, 0.4) is 0 Å². The van der Waals surface area contributed by atoms with Gasteiger partial charge in [0.25, 0.3) is 0 Å². The Morgan fingerprint density at radius 2 is 2.06 bits per heavy atom. The molecule has 96 valence electrons. The van der Waals surface area contributed by atoms with Crippen LogP contribution in [0.5, 0.6) is 0 Å². The number of nitrogens with one attached hydrogen (secondary N) is 1. The molecule has 1 saturated heterocycles. The maximum absolute atomic E-state index is 12.0. The molecule has 2 aliphatic rings. The highest BCUT2D eigenvalue weighted by atomic mass is 16.4. The van der Waals surface area contributed by atoms with Crippen LogP contribution in [0.1, 0.15) is 32.1 Å². The van der Waals surface area contributed by atoms with Crippen LogP contribution in [0.2, 0.25) is 0 Å². The van der Waals surface area contributed by atoms with Gasteiger partial charge in [0.2, 0.25) is 5.91 Å². The van der Waals surface area contributed by atoms with E-state index in [0.29, 0.717) is 18.9 Å². The first-order valence-corrected chi connectivity index (χ1v) is 6.38. The van der Waals surface area contributed by atoms with Crippen LogP contribution in [-0.2, 0) is 9.59 Å². The number of nitrogens with zero attached hydrogens (tertiary/aromatic N) is 1. The molecule has 1 saturated carbocycles. The summed E-state index contributed by atoms with van der Waals surface area (Å²) >= 11 is 0. The normalized spacial score (nSPS) is 23.6. The fourth-order valence-corrected chi connectivity index (χ4v) is 2.30. The molecule has 1 aliphatic carbocycles. The molecule has 0 aromatic heterocycles. The second-order valence-electron chi connectivity index (χ2n) is 5.11. The zero-order valence-corrected chi connectivity index (χ0v) is 10.0. The molecule has 1 heterocycles. The van der Waals surface area contributed by atoms with Crippen molar-refractivity contribution >= 4 is 11.9 Å². The monoisotopic (exact) mass is 240 g/mol. The molecule has 0 radical (unpaired) electrons. The fraction of sp³-hybridized carbons (Fsp3) is 0.833. The molecule has 0 aromatic carbocycles. The number of carboxylic acids is 1. The molecule has 5 nitrogen and oxygen atoms in total. The summed E-state index contributed by atoms with van der Waals surface area (Å²) in [7, 11) is 0. The lowest BCUT2D eigenvalue weighted by Gasteiger charge is -2.22. The third-order valence-electron chi connectivity index (χ3n) is 3.44. The van der Waals surface area contributed by atoms with E-state index >= 15 is 0 Å². The third kappa shape index (κ3) is 4.00. The number of rotatable bonds is 6. The largest absolute Gasteiger partial charge is 0.480 e. The lowest BCUT2D eigenvalue weighted by atomic mass is 10.1. The summed E-state index contributed by atoms with van der Waals surface area (Å²) in [4.78, 5) is 24.3. The van der Waals surface area contributed by atoms with E-state index in [1.54, 1.807) is 0 Å².